The Bertz CT molecular complexity index is 1570. The highest BCUT2D eigenvalue weighted by Gasteiger charge is 2.12. The summed E-state index contributed by atoms with van der Waals surface area (Å²) in [5.74, 6) is 0.444. The molecule has 0 saturated heterocycles. The summed E-state index contributed by atoms with van der Waals surface area (Å²) in [6.45, 7) is -0.325. The van der Waals surface area contributed by atoms with Gasteiger partial charge in [0.1, 0.15) is 36.9 Å². The van der Waals surface area contributed by atoms with Crippen molar-refractivity contribution in [1.29, 1.82) is 0 Å². The summed E-state index contributed by atoms with van der Waals surface area (Å²) >= 11 is 7.76. The maximum atomic E-state index is 13.4. The van der Waals surface area contributed by atoms with Crippen LogP contribution >= 0.6 is 22.9 Å². The molecule has 0 bridgehead atoms. The third-order valence-electron chi connectivity index (χ3n) is 5.42. The quantitative estimate of drug-likeness (QED) is 0.223. The average molecular weight is 520 g/mol. The van der Waals surface area contributed by atoms with Crippen molar-refractivity contribution < 1.29 is 19.0 Å². The molecule has 2 aromatic heterocycles. The van der Waals surface area contributed by atoms with Crippen molar-refractivity contribution in [1.82, 2.24) is 9.97 Å². The summed E-state index contributed by atoms with van der Waals surface area (Å²) in [6, 6.07) is 20.8. The third kappa shape index (κ3) is 5.21. The molecule has 3 aromatic carbocycles. The Morgan fingerprint density at radius 1 is 1.06 bits per heavy atom. The molecule has 0 aliphatic carbocycles. The van der Waals surface area contributed by atoms with Crippen LogP contribution in [-0.2, 0) is 6.61 Å². The van der Waals surface area contributed by atoms with E-state index in [1.165, 1.54) is 29.8 Å². The minimum absolute atomic E-state index is 0.192. The summed E-state index contributed by atoms with van der Waals surface area (Å²) in [5, 5.41) is 13.6. The highest BCUT2D eigenvalue weighted by atomic mass is 35.5. The molecule has 0 saturated carbocycles. The van der Waals surface area contributed by atoms with E-state index in [0.29, 0.717) is 32.7 Å². The number of aromatic nitrogens is 2. The molecule has 0 aliphatic rings. The molecule has 0 spiro atoms. The van der Waals surface area contributed by atoms with Crippen molar-refractivity contribution in [2.75, 3.05) is 11.9 Å². The van der Waals surface area contributed by atoms with E-state index in [1.54, 1.807) is 30.3 Å². The van der Waals surface area contributed by atoms with E-state index in [9.17, 15) is 9.18 Å². The number of aliphatic hydroxyl groups is 1. The topological polar surface area (TPSA) is 84.3 Å². The van der Waals surface area contributed by atoms with E-state index >= 15 is 0 Å². The normalized spacial score (nSPS) is 11.0. The van der Waals surface area contributed by atoms with E-state index in [1.807, 2.05) is 30.3 Å². The fourth-order valence-electron chi connectivity index (χ4n) is 3.65. The number of anilines is 2. The van der Waals surface area contributed by atoms with Crippen molar-refractivity contribution in [3.8, 4) is 16.2 Å². The molecule has 5 rings (SSSR count). The second-order valence-electron chi connectivity index (χ2n) is 7.89. The number of fused-ring (bicyclic) bond motifs is 1. The molecule has 0 radical (unpaired) electrons. The Hall–Kier alpha value is -3.85. The number of ether oxygens (including phenoxy) is 1. The van der Waals surface area contributed by atoms with Gasteiger partial charge in [0.15, 0.2) is 5.78 Å². The van der Waals surface area contributed by atoms with E-state index in [2.05, 4.69) is 15.3 Å². The minimum Gasteiger partial charge on any atom is -0.487 e. The van der Waals surface area contributed by atoms with Gasteiger partial charge in [0.05, 0.1) is 15.4 Å². The fourth-order valence-corrected chi connectivity index (χ4v) is 4.82. The summed E-state index contributed by atoms with van der Waals surface area (Å²) in [7, 11) is 0. The highest BCUT2D eigenvalue weighted by molar-refractivity contribution is 7.17. The Morgan fingerprint density at radius 3 is 2.75 bits per heavy atom. The van der Waals surface area contributed by atoms with Crippen LogP contribution in [0.1, 0.15) is 15.2 Å². The zero-order chi connectivity index (χ0) is 25.1. The molecule has 0 fully saturated rings. The number of carbonyl (C=O) groups excluding carboxylic acids is 1. The molecule has 5 aromatic rings. The van der Waals surface area contributed by atoms with Crippen molar-refractivity contribution in [2.45, 2.75) is 6.61 Å². The van der Waals surface area contributed by atoms with Crippen LogP contribution in [0, 0.1) is 5.82 Å². The monoisotopic (exact) mass is 519 g/mol. The Balaban J connectivity index is 1.37. The first-order chi connectivity index (χ1) is 17.5. The van der Waals surface area contributed by atoms with Crippen LogP contribution < -0.4 is 10.1 Å². The van der Waals surface area contributed by atoms with Crippen LogP contribution in [0.3, 0.4) is 0 Å². The van der Waals surface area contributed by atoms with Crippen LogP contribution in [-0.4, -0.2) is 27.5 Å². The van der Waals surface area contributed by atoms with E-state index in [0.717, 1.165) is 21.3 Å². The Labute approximate surface area is 215 Å². The van der Waals surface area contributed by atoms with Gasteiger partial charge in [-0.05, 0) is 65.7 Å². The second kappa shape index (κ2) is 10.4. The van der Waals surface area contributed by atoms with Gasteiger partial charge in [-0.3, -0.25) is 4.79 Å². The van der Waals surface area contributed by atoms with Crippen LogP contribution in [0.5, 0.6) is 5.75 Å². The third-order valence-corrected chi connectivity index (χ3v) is 6.89. The number of nitrogens with zero attached hydrogens (tertiary/aromatic N) is 2. The summed E-state index contributed by atoms with van der Waals surface area (Å²) < 4.78 is 19.1. The number of hydrogen-bond donors (Lipinski definition) is 2. The first-order valence-corrected chi connectivity index (χ1v) is 12.1. The van der Waals surface area contributed by atoms with Gasteiger partial charge < -0.3 is 15.2 Å². The molecule has 2 N–H and O–H groups in total. The molecule has 0 amide bonds. The minimum atomic E-state index is -0.517. The number of rotatable bonds is 8. The van der Waals surface area contributed by atoms with Gasteiger partial charge in [-0.2, -0.15) is 0 Å². The number of thiophene rings is 1. The lowest BCUT2D eigenvalue weighted by Crippen LogP contribution is -2.00. The number of ketones is 1. The number of carbonyl (C=O) groups is 1. The fraction of sp³-hybridized carbons (Fsp3) is 0.0741. The van der Waals surface area contributed by atoms with E-state index in [4.69, 9.17) is 21.4 Å². The molecule has 0 atom stereocenters. The van der Waals surface area contributed by atoms with Gasteiger partial charge in [-0.15, -0.1) is 11.3 Å². The second-order valence-corrected chi connectivity index (χ2v) is 9.38. The van der Waals surface area contributed by atoms with E-state index in [-0.39, 0.29) is 18.2 Å². The predicted molar refractivity (Wildman–Crippen MR) is 140 cm³/mol. The molecular formula is C27H19ClFN3O3S. The van der Waals surface area contributed by atoms with Crippen molar-refractivity contribution in [3.63, 3.8) is 0 Å². The number of hydrogen-bond acceptors (Lipinski definition) is 7. The van der Waals surface area contributed by atoms with Crippen LogP contribution in [0.2, 0.25) is 5.02 Å². The SMILES string of the molecule is O=C(CO)c1ccc(-c2ccc3ncnc(Nc4ccc(OCc5cccc(F)c5)c(Cl)c4)c3c2)s1. The van der Waals surface area contributed by atoms with Crippen molar-refractivity contribution in [2.24, 2.45) is 0 Å². The number of halogens is 2. The van der Waals surface area contributed by atoms with Gasteiger partial charge >= 0.3 is 0 Å². The maximum Gasteiger partial charge on any atom is 0.198 e. The zero-order valence-corrected chi connectivity index (χ0v) is 20.3. The molecule has 6 nitrogen and oxygen atoms in total. The van der Waals surface area contributed by atoms with Gasteiger partial charge in [0.2, 0.25) is 0 Å². The first kappa shape index (κ1) is 23.9. The van der Waals surface area contributed by atoms with Gasteiger partial charge in [-0.25, -0.2) is 14.4 Å². The molecular weight excluding hydrogens is 501 g/mol. The lowest BCUT2D eigenvalue weighted by Gasteiger charge is -2.12. The highest BCUT2D eigenvalue weighted by Crippen LogP contribution is 2.34. The lowest BCUT2D eigenvalue weighted by molar-refractivity contribution is 0.0908. The Kier molecular flexibility index (Phi) is 6.90. The van der Waals surface area contributed by atoms with Crippen molar-refractivity contribution >= 4 is 51.1 Å². The molecule has 9 heteroatoms. The standard InChI is InChI=1S/C27H19ClFN3O3S/c28-21-12-19(5-7-24(21)35-14-16-2-1-3-18(29)10-16)32-27-20-11-17(4-6-22(20)30-15-31-27)25-8-9-26(36-25)23(34)13-33/h1-12,15,33H,13-14H2,(H,30,31,32). The number of aliphatic hydroxyl groups excluding tert-OH is 1. The number of Topliss-reactive ketones (excluding diaryl/α,β-unsaturated/α-hetero) is 1. The Morgan fingerprint density at radius 2 is 1.94 bits per heavy atom. The molecule has 2 heterocycles. The first-order valence-electron chi connectivity index (χ1n) is 10.9. The van der Waals surface area contributed by atoms with Gasteiger partial charge in [0.25, 0.3) is 0 Å². The van der Waals surface area contributed by atoms with Gasteiger partial charge in [0, 0.05) is 16.0 Å². The molecule has 180 valence electrons. The van der Waals surface area contributed by atoms with Crippen LogP contribution in [0.4, 0.5) is 15.9 Å². The smallest absolute Gasteiger partial charge is 0.198 e. The molecule has 36 heavy (non-hydrogen) atoms. The summed E-state index contributed by atoms with van der Waals surface area (Å²) in [5.41, 5.74) is 3.06. The number of nitrogens with one attached hydrogen (secondary N) is 1. The lowest BCUT2D eigenvalue weighted by atomic mass is 10.1. The zero-order valence-electron chi connectivity index (χ0n) is 18.7. The maximum absolute atomic E-state index is 13.4. The predicted octanol–water partition coefficient (Wildman–Crippen LogP) is 6.65. The number of benzene rings is 3. The van der Waals surface area contributed by atoms with Crippen LogP contribution in [0.25, 0.3) is 21.3 Å². The van der Waals surface area contributed by atoms with Crippen molar-refractivity contribution in [3.05, 3.63) is 100 Å². The molecule has 0 aliphatic heterocycles. The molecule has 0 unspecified atom stereocenters. The average Bonchev–Trinajstić information content (AvgIpc) is 3.38. The largest absolute Gasteiger partial charge is 0.487 e. The van der Waals surface area contributed by atoms with Crippen LogP contribution in [0.15, 0.2) is 79.1 Å². The van der Waals surface area contributed by atoms with E-state index < -0.39 is 6.61 Å². The summed E-state index contributed by atoms with van der Waals surface area (Å²) in [4.78, 5) is 22.0. The van der Waals surface area contributed by atoms with Gasteiger partial charge in [-0.1, -0.05) is 29.8 Å². The summed E-state index contributed by atoms with van der Waals surface area (Å²) in [6.07, 6.45) is 1.48.